The molecule has 2 rings (SSSR count). The van der Waals surface area contributed by atoms with Gasteiger partial charge in [0, 0.05) is 4.90 Å². The number of hydrazine groups is 1. The van der Waals surface area contributed by atoms with E-state index >= 15 is 0 Å². The molecule has 0 aromatic heterocycles. The molecule has 6 nitrogen and oxygen atoms in total. The number of hydrogen-bond acceptors (Lipinski definition) is 5. The van der Waals surface area contributed by atoms with E-state index in [0.717, 1.165) is 17.8 Å². The van der Waals surface area contributed by atoms with E-state index in [4.69, 9.17) is 4.74 Å². The van der Waals surface area contributed by atoms with Gasteiger partial charge in [-0.15, -0.1) is 11.8 Å². The standard InChI is InChI=1S/C17H14F2N2O4S/c18-12-6-2-1-5-11(12)17(24)21-20-15(22)9-25-16(23)10-26-14-8-4-3-7-13(14)19/h1-8H,9-10H2,(H,20,22)(H,21,24). The monoisotopic (exact) mass is 380 g/mol. The minimum Gasteiger partial charge on any atom is -0.455 e. The topological polar surface area (TPSA) is 84.5 Å². The highest BCUT2D eigenvalue weighted by molar-refractivity contribution is 8.00. The molecule has 0 fully saturated rings. The number of nitrogens with one attached hydrogen (secondary N) is 2. The Hall–Kier alpha value is -2.94. The molecule has 0 spiro atoms. The zero-order chi connectivity index (χ0) is 18.9. The van der Waals surface area contributed by atoms with Crippen LogP contribution in [0.25, 0.3) is 0 Å². The van der Waals surface area contributed by atoms with Crippen LogP contribution in [0, 0.1) is 11.6 Å². The maximum absolute atomic E-state index is 13.4. The van der Waals surface area contributed by atoms with Gasteiger partial charge in [0.2, 0.25) is 0 Å². The highest BCUT2D eigenvalue weighted by Gasteiger charge is 2.13. The number of halogens is 2. The lowest BCUT2D eigenvalue weighted by molar-refractivity contribution is -0.146. The molecule has 0 heterocycles. The van der Waals surface area contributed by atoms with Crippen LogP contribution in [-0.4, -0.2) is 30.1 Å². The van der Waals surface area contributed by atoms with Crippen molar-refractivity contribution in [2.24, 2.45) is 0 Å². The van der Waals surface area contributed by atoms with Crippen molar-refractivity contribution in [3.63, 3.8) is 0 Å². The Balaban J connectivity index is 1.70. The molecule has 0 saturated carbocycles. The highest BCUT2D eigenvalue weighted by Crippen LogP contribution is 2.20. The predicted molar refractivity (Wildman–Crippen MR) is 90.1 cm³/mol. The van der Waals surface area contributed by atoms with E-state index in [9.17, 15) is 23.2 Å². The lowest BCUT2D eigenvalue weighted by atomic mass is 10.2. The molecule has 26 heavy (non-hydrogen) atoms. The van der Waals surface area contributed by atoms with Crippen molar-refractivity contribution in [2.75, 3.05) is 12.4 Å². The Morgan fingerprint density at radius 3 is 2.27 bits per heavy atom. The van der Waals surface area contributed by atoms with Crippen molar-refractivity contribution in [2.45, 2.75) is 4.90 Å². The van der Waals surface area contributed by atoms with Crippen LogP contribution >= 0.6 is 11.8 Å². The zero-order valence-corrected chi connectivity index (χ0v) is 14.1. The number of amides is 2. The van der Waals surface area contributed by atoms with E-state index in [1.807, 2.05) is 10.9 Å². The van der Waals surface area contributed by atoms with Gasteiger partial charge in [-0.2, -0.15) is 0 Å². The maximum atomic E-state index is 13.4. The van der Waals surface area contributed by atoms with Crippen LogP contribution in [0.1, 0.15) is 10.4 Å². The van der Waals surface area contributed by atoms with Gasteiger partial charge in [0.05, 0.1) is 11.3 Å². The average Bonchev–Trinajstić information content (AvgIpc) is 2.64. The minimum absolute atomic E-state index is 0.185. The summed E-state index contributed by atoms with van der Waals surface area (Å²) in [5.74, 6) is -3.77. The Bertz CT molecular complexity index is 817. The van der Waals surface area contributed by atoms with Gasteiger partial charge in [0.25, 0.3) is 11.8 Å². The molecule has 9 heteroatoms. The molecule has 0 atom stereocenters. The van der Waals surface area contributed by atoms with E-state index in [1.54, 1.807) is 6.07 Å². The normalized spacial score (nSPS) is 10.1. The summed E-state index contributed by atoms with van der Waals surface area (Å²) >= 11 is 0.931. The van der Waals surface area contributed by atoms with Gasteiger partial charge in [0.1, 0.15) is 11.6 Å². The first-order valence-corrected chi connectivity index (χ1v) is 8.32. The summed E-state index contributed by atoms with van der Waals surface area (Å²) in [4.78, 5) is 35.1. The second-order valence-electron chi connectivity index (χ2n) is 4.86. The number of carbonyl (C=O) groups is 3. The number of benzene rings is 2. The van der Waals surface area contributed by atoms with Gasteiger partial charge in [0.15, 0.2) is 6.61 Å². The SMILES string of the molecule is O=C(COC(=O)CSc1ccccc1F)NNC(=O)c1ccccc1F. The van der Waals surface area contributed by atoms with Crippen LogP contribution in [0.2, 0.25) is 0 Å². The van der Waals surface area contributed by atoms with Gasteiger partial charge in [-0.25, -0.2) is 8.78 Å². The van der Waals surface area contributed by atoms with Crippen molar-refractivity contribution in [1.29, 1.82) is 0 Å². The lowest BCUT2D eigenvalue weighted by Crippen LogP contribution is -2.43. The largest absolute Gasteiger partial charge is 0.455 e. The molecule has 2 N–H and O–H groups in total. The Kier molecular flexibility index (Phi) is 7.10. The quantitative estimate of drug-likeness (QED) is 0.455. The van der Waals surface area contributed by atoms with E-state index in [1.165, 1.54) is 36.4 Å². The van der Waals surface area contributed by atoms with Gasteiger partial charge >= 0.3 is 5.97 Å². The number of rotatable bonds is 6. The third kappa shape index (κ3) is 5.85. The van der Waals surface area contributed by atoms with E-state index in [2.05, 4.69) is 0 Å². The smallest absolute Gasteiger partial charge is 0.316 e. The van der Waals surface area contributed by atoms with Gasteiger partial charge < -0.3 is 4.74 Å². The van der Waals surface area contributed by atoms with Crippen molar-refractivity contribution in [3.05, 3.63) is 65.7 Å². The molecular formula is C17H14F2N2O4S. The average molecular weight is 380 g/mol. The van der Waals surface area contributed by atoms with E-state index < -0.39 is 36.0 Å². The Morgan fingerprint density at radius 1 is 0.923 bits per heavy atom. The number of ether oxygens (including phenoxy) is 1. The van der Waals surface area contributed by atoms with Gasteiger partial charge in [-0.3, -0.25) is 25.2 Å². The second-order valence-corrected chi connectivity index (χ2v) is 5.88. The lowest BCUT2D eigenvalue weighted by Gasteiger charge is -2.08. The van der Waals surface area contributed by atoms with Crippen LogP contribution in [-0.2, 0) is 14.3 Å². The predicted octanol–water partition coefficient (Wildman–Crippen LogP) is 2.06. The number of thioether (sulfide) groups is 1. The van der Waals surface area contributed by atoms with Crippen molar-refractivity contribution < 1.29 is 27.9 Å². The third-order valence-electron chi connectivity index (χ3n) is 2.98. The fourth-order valence-corrected chi connectivity index (χ4v) is 2.50. The van der Waals surface area contributed by atoms with Crippen LogP contribution in [0.4, 0.5) is 8.78 Å². The van der Waals surface area contributed by atoms with E-state index in [-0.39, 0.29) is 16.2 Å². The number of esters is 1. The summed E-state index contributed by atoms with van der Waals surface area (Å²) in [6, 6.07) is 11.2. The fourth-order valence-electron chi connectivity index (χ4n) is 1.76. The fraction of sp³-hybridized carbons (Fsp3) is 0.118. The van der Waals surface area contributed by atoms with Gasteiger partial charge in [-0.1, -0.05) is 24.3 Å². The first-order chi connectivity index (χ1) is 12.5. The zero-order valence-electron chi connectivity index (χ0n) is 13.3. The second kappa shape index (κ2) is 9.52. The molecule has 0 aliphatic carbocycles. The summed E-state index contributed by atoms with van der Waals surface area (Å²) in [6.45, 7) is -0.645. The molecule has 0 saturated heterocycles. The molecule has 2 aromatic carbocycles. The summed E-state index contributed by atoms with van der Waals surface area (Å²) in [7, 11) is 0. The van der Waals surface area contributed by atoms with Crippen LogP contribution in [0.3, 0.4) is 0 Å². The van der Waals surface area contributed by atoms with Crippen molar-refractivity contribution in [3.8, 4) is 0 Å². The molecule has 2 amide bonds. The molecule has 0 unspecified atom stereocenters. The Labute approximate surface area is 151 Å². The van der Waals surface area contributed by atoms with E-state index in [0.29, 0.717) is 0 Å². The van der Waals surface area contributed by atoms with Crippen LogP contribution < -0.4 is 10.9 Å². The minimum atomic E-state index is -0.849. The molecule has 2 aromatic rings. The molecule has 0 aliphatic rings. The molecule has 0 bridgehead atoms. The first-order valence-electron chi connectivity index (χ1n) is 7.34. The first kappa shape index (κ1) is 19.4. The highest BCUT2D eigenvalue weighted by atomic mass is 32.2. The van der Waals surface area contributed by atoms with Gasteiger partial charge in [-0.05, 0) is 24.3 Å². The summed E-state index contributed by atoms with van der Waals surface area (Å²) in [5, 5.41) is 0. The molecular weight excluding hydrogens is 366 g/mol. The summed E-state index contributed by atoms with van der Waals surface area (Å²) in [5.41, 5.74) is 3.76. The molecule has 136 valence electrons. The number of hydrogen-bond donors (Lipinski definition) is 2. The number of carbonyl (C=O) groups excluding carboxylic acids is 3. The maximum Gasteiger partial charge on any atom is 0.316 e. The van der Waals surface area contributed by atoms with Crippen LogP contribution in [0.15, 0.2) is 53.4 Å². The molecule has 0 aliphatic heterocycles. The van der Waals surface area contributed by atoms with Crippen molar-refractivity contribution >= 4 is 29.5 Å². The Morgan fingerprint density at radius 2 is 1.58 bits per heavy atom. The molecule has 0 radical (unpaired) electrons. The van der Waals surface area contributed by atoms with Crippen molar-refractivity contribution in [1.82, 2.24) is 10.9 Å². The summed E-state index contributed by atoms with van der Waals surface area (Å²) < 4.78 is 31.5. The van der Waals surface area contributed by atoms with Crippen LogP contribution in [0.5, 0.6) is 0 Å². The third-order valence-corrected chi connectivity index (χ3v) is 4.00. The summed E-state index contributed by atoms with van der Waals surface area (Å²) in [6.07, 6.45) is 0.